The van der Waals surface area contributed by atoms with Crippen LogP contribution in [0.1, 0.15) is 28.4 Å². The van der Waals surface area contributed by atoms with E-state index in [0.717, 1.165) is 74.4 Å². The van der Waals surface area contributed by atoms with Crippen LogP contribution in [0.4, 0.5) is 5.82 Å². The van der Waals surface area contributed by atoms with Gasteiger partial charge in [0.25, 0.3) is 0 Å². The van der Waals surface area contributed by atoms with Crippen molar-refractivity contribution in [1.82, 2.24) is 19.9 Å². The fraction of sp³-hybridized carbons (Fsp3) is 0.476. The van der Waals surface area contributed by atoms with Gasteiger partial charge in [0.1, 0.15) is 16.5 Å². The summed E-state index contributed by atoms with van der Waals surface area (Å²) in [5, 5.41) is 4.86. The Bertz CT molecular complexity index is 952. The second-order valence-corrected chi connectivity index (χ2v) is 8.50. The molecule has 5 rings (SSSR count). The molecule has 1 aliphatic heterocycles. The quantitative estimate of drug-likeness (QED) is 0.692. The molecule has 0 radical (unpaired) electrons. The van der Waals surface area contributed by atoms with Gasteiger partial charge in [-0.15, -0.1) is 11.3 Å². The maximum absolute atomic E-state index is 5.47. The normalized spacial score (nSPS) is 17.1. The molecule has 0 amide bonds. The summed E-state index contributed by atoms with van der Waals surface area (Å²) in [5.74, 6) is 1.92. The molecular weight excluding hydrogens is 370 g/mol. The summed E-state index contributed by atoms with van der Waals surface area (Å²) < 4.78 is 5.47. The maximum Gasteiger partial charge on any atom is 0.146 e. The Morgan fingerprint density at radius 1 is 1.14 bits per heavy atom. The van der Waals surface area contributed by atoms with Crippen molar-refractivity contribution in [2.24, 2.45) is 0 Å². The molecule has 1 N–H and O–H groups in total. The van der Waals surface area contributed by atoms with E-state index in [4.69, 9.17) is 14.7 Å². The lowest BCUT2D eigenvalue weighted by atomic mass is 10.2. The zero-order valence-electron chi connectivity index (χ0n) is 16.0. The predicted octanol–water partition coefficient (Wildman–Crippen LogP) is 3.06. The summed E-state index contributed by atoms with van der Waals surface area (Å²) in [5.41, 5.74) is 2.57. The van der Waals surface area contributed by atoms with Crippen LogP contribution in [0, 0.1) is 0 Å². The molecule has 0 saturated carbocycles. The monoisotopic (exact) mass is 395 g/mol. The van der Waals surface area contributed by atoms with E-state index in [1.165, 1.54) is 28.7 Å². The van der Waals surface area contributed by atoms with Gasteiger partial charge >= 0.3 is 0 Å². The fourth-order valence-corrected chi connectivity index (χ4v) is 5.33. The molecule has 1 saturated heterocycles. The van der Waals surface area contributed by atoms with Crippen LogP contribution >= 0.6 is 11.3 Å². The molecule has 6 nitrogen and oxygen atoms in total. The van der Waals surface area contributed by atoms with Crippen molar-refractivity contribution in [2.75, 3.05) is 38.2 Å². The van der Waals surface area contributed by atoms with Crippen LogP contribution in [0.2, 0.25) is 0 Å². The average molecular weight is 396 g/mol. The molecule has 2 aliphatic rings. The first-order chi connectivity index (χ1) is 13.9. The number of hydrogen-bond acceptors (Lipinski definition) is 7. The molecule has 1 aliphatic carbocycles. The van der Waals surface area contributed by atoms with E-state index in [0.29, 0.717) is 0 Å². The second-order valence-electron chi connectivity index (χ2n) is 7.41. The molecule has 3 aromatic heterocycles. The Morgan fingerprint density at radius 3 is 2.93 bits per heavy atom. The van der Waals surface area contributed by atoms with Crippen molar-refractivity contribution in [3.63, 3.8) is 0 Å². The van der Waals surface area contributed by atoms with Gasteiger partial charge in [0, 0.05) is 42.8 Å². The van der Waals surface area contributed by atoms with Crippen molar-refractivity contribution in [1.29, 1.82) is 0 Å². The van der Waals surface area contributed by atoms with Gasteiger partial charge in [-0.05, 0) is 37.0 Å². The molecule has 3 aromatic rings. The molecule has 0 bridgehead atoms. The zero-order valence-corrected chi connectivity index (χ0v) is 16.8. The standard InChI is InChI=1S/C21H25N5OS/c1-2-8-22-15(4-1)7-9-23-20-19-16-5-3-6-17(16)28-21(19)25-18(24-20)14-26-10-12-27-13-11-26/h1-2,4,8H,3,5-7,9-14H2,(H,23,24,25). The summed E-state index contributed by atoms with van der Waals surface area (Å²) >= 11 is 1.86. The van der Waals surface area contributed by atoms with Crippen LogP contribution in [-0.4, -0.2) is 52.7 Å². The van der Waals surface area contributed by atoms with Crippen molar-refractivity contribution in [3.05, 3.63) is 46.4 Å². The number of rotatable bonds is 6. The van der Waals surface area contributed by atoms with Crippen molar-refractivity contribution < 1.29 is 4.74 Å². The van der Waals surface area contributed by atoms with Gasteiger partial charge in [0.05, 0.1) is 25.1 Å². The lowest BCUT2D eigenvalue weighted by molar-refractivity contribution is 0.0331. The van der Waals surface area contributed by atoms with Crippen LogP contribution in [-0.2, 0) is 30.5 Å². The number of fused-ring (bicyclic) bond motifs is 3. The number of nitrogens with one attached hydrogen (secondary N) is 1. The first-order valence-corrected chi connectivity index (χ1v) is 10.9. The fourth-order valence-electron chi connectivity index (χ4n) is 4.05. The third-order valence-corrected chi connectivity index (χ3v) is 6.67. The number of morpholine rings is 1. The largest absolute Gasteiger partial charge is 0.379 e. The van der Waals surface area contributed by atoms with Crippen LogP contribution in [0.3, 0.4) is 0 Å². The molecule has 146 valence electrons. The highest BCUT2D eigenvalue weighted by molar-refractivity contribution is 7.19. The number of ether oxygens (including phenoxy) is 1. The summed E-state index contributed by atoms with van der Waals surface area (Å²) in [7, 11) is 0. The molecular formula is C21H25N5OS. The number of nitrogens with zero attached hydrogens (tertiary/aromatic N) is 4. The first-order valence-electron chi connectivity index (χ1n) is 10.1. The Labute approximate surface area is 169 Å². The zero-order chi connectivity index (χ0) is 18.8. The minimum Gasteiger partial charge on any atom is -0.379 e. The third kappa shape index (κ3) is 3.74. The molecule has 0 spiro atoms. The number of anilines is 1. The summed E-state index contributed by atoms with van der Waals surface area (Å²) in [6, 6.07) is 6.07. The van der Waals surface area contributed by atoms with E-state index in [-0.39, 0.29) is 0 Å². The van der Waals surface area contributed by atoms with Crippen molar-refractivity contribution in [2.45, 2.75) is 32.2 Å². The number of hydrogen-bond donors (Lipinski definition) is 1. The topological polar surface area (TPSA) is 63.2 Å². The molecule has 1 fully saturated rings. The molecule has 4 heterocycles. The van der Waals surface area contributed by atoms with E-state index in [2.05, 4.69) is 21.3 Å². The first kappa shape index (κ1) is 18.0. The summed E-state index contributed by atoms with van der Waals surface area (Å²) in [4.78, 5) is 19.3. The lowest BCUT2D eigenvalue weighted by Gasteiger charge is -2.25. The molecule has 0 aromatic carbocycles. The average Bonchev–Trinajstić information content (AvgIpc) is 3.30. The number of aromatic nitrogens is 3. The Balaban J connectivity index is 1.40. The van der Waals surface area contributed by atoms with Crippen molar-refractivity contribution >= 4 is 27.4 Å². The number of pyridine rings is 1. The Morgan fingerprint density at radius 2 is 2.07 bits per heavy atom. The van der Waals surface area contributed by atoms with Crippen LogP contribution in [0.25, 0.3) is 10.2 Å². The number of aryl methyl sites for hydroxylation is 2. The van der Waals surface area contributed by atoms with E-state index >= 15 is 0 Å². The second kappa shape index (κ2) is 8.11. The van der Waals surface area contributed by atoms with Gasteiger partial charge in [-0.1, -0.05) is 6.07 Å². The van der Waals surface area contributed by atoms with E-state index in [1.807, 2.05) is 29.7 Å². The minimum absolute atomic E-state index is 0.788. The van der Waals surface area contributed by atoms with E-state index in [9.17, 15) is 0 Å². The molecule has 28 heavy (non-hydrogen) atoms. The highest BCUT2D eigenvalue weighted by Gasteiger charge is 2.23. The summed E-state index contributed by atoms with van der Waals surface area (Å²) in [6.45, 7) is 5.10. The predicted molar refractivity (Wildman–Crippen MR) is 112 cm³/mol. The molecule has 0 atom stereocenters. The van der Waals surface area contributed by atoms with Gasteiger partial charge in [-0.3, -0.25) is 9.88 Å². The van der Waals surface area contributed by atoms with Crippen LogP contribution < -0.4 is 5.32 Å². The highest BCUT2D eigenvalue weighted by atomic mass is 32.1. The third-order valence-electron chi connectivity index (χ3n) is 5.48. The SMILES string of the molecule is c1ccc(CCNc2nc(CN3CCOCC3)nc3sc4c(c23)CCC4)nc1. The summed E-state index contributed by atoms with van der Waals surface area (Å²) in [6.07, 6.45) is 6.32. The van der Waals surface area contributed by atoms with Crippen LogP contribution in [0.15, 0.2) is 24.4 Å². The van der Waals surface area contributed by atoms with Crippen LogP contribution in [0.5, 0.6) is 0 Å². The Kier molecular flexibility index (Phi) is 5.20. The molecule has 7 heteroatoms. The minimum atomic E-state index is 0.788. The maximum atomic E-state index is 5.47. The highest BCUT2D eigenvalue weighted by Crippen LogP contribution is 2.39. The van der Waals surface area contributed by atoms with E-state index in [1.54, 1.807) is 0 Å². The van der Waals surface area contributed by atoms with Crippen molar-refractivity contribution in [3.8, 4) is 0 Å². The van der Waals surface area contributed by atoms with E-state index < -0.39 is 0 Å². The smallest absolute Gasteiger partial charge is 0.146 e. The van der Waals surface area contributed by atoms with Gasteiger partial charge in [0.2, 0.25) is 0 Å². The molecule has 0 unspecified atom stereocenters. The number of thiophene rings is 1. The van der Waals surface area contributed by atoms with Gasteiger partial charge in [-0.25, -0.2) is 9.97 Å². The van der Waals surface area contributed by atoms with Gasteiger partial charge in [-0.2, -0.15) is 0 Å². The lowest BCUT2D eigenvalue weighted by Crippen LogP contribution is -2.36. The van der Waals surface area contributed by atoms with Gasteiger partial charge in [0.15, 0.2) is 0 Å². The van der Waals surface area contributed by atoms with Gasteiger partial charge < -0.3 is 10.1 Å². The Hall–Kier alpha value is -2.09.